The van der Waals surface area contributed by atoms with Gasteiger partial charge in [0.1, 0.15) is 5.60 Å². The maximum Gasteiger partial charge on any atom is 0.303 e. The first kappa shape index (κ1) is 13.5. The summed E-state index contributed by atoms with van der Waals surface area (Å²) in [6, 6.07) is 0. The molecular weight excluding hydrogens is 236 g/mol. The number of hydrogen-bond donors (Lipinski definition) is 0. The molecule has 108 valence electrons. The highest BCUT2D eigenvalue weighted by Crippen LogP contribution is 2.73. The van der Waals surface area contributed by atoms with Gasteiger partial charge < -0.3 is 4.74 Å². The van der Waals surface area contributed by atoms with Gasteiger partial charge in [0.05, 0.1) is 0 Å². The molecule has 5 atom stereocenters. The summed E-state index contributed by atoms with van der Waals surface area (Å²) in [4.78, 5) is 11.5. The largest absolute Gasteiger partial charge is 0.459 e. The van der Waals surface area contributed by atoms with E-state index in [2.05, 4.69) is 27.7 Å². The molecule has 0 N–H and O–H groups in total. The second-order valence-corrected chi connectivity index (χ2v) is 8.25. The third kappa shape index (κ3) is 1.58. The van der Waals surface area contributed by atoms with Crippen LogP contribution >= 0.6 is 0 Å². The van der Waals surface area contributed by atoms with Gasteiger partial charge >= 0.3 is 5.97 Å². The monoisotopic (exact) mass is 264 g/mol. The van der Waals surface area contributed by atoms with Crippen LogP contribution in [0.4, 0.5) is 0 Å². The van der Waals surface area contributed by atoms with E-state index in [4.69, 9.17) is 4.74 Å². The number of carbonyl (C=O) groups excluding carboxylic acids is 1. The molecule has 3 saturated carbocycles. The van der Waals surface area contributed by atoms with Crippen LogP contribution < -0.4 is 0 Å². The average Bonchev–Trinajstić information content (AvgIpc) is 2.69. The lowest BCUT2D eigenvalue weighted by Crippen LogP contribution is -2.47. The van der Waals surface area contributed by atoms with Crippen molar-refractivity contribution in [3.05, 3.63) is 0 Å². The molecular formula is C17H28O2. The van der Waals surface area contributed by atoms with Crippen LogP contribution in [0, 0.1) is 28.6 Å². The van der Waals surface area contributed by atoms with Crippen molar-refractivity contribution in [1.82, 2.24) is 0 Å². The van der Waals surface area contributed by atoms with E-state index in [1.165, 1.54) is 25.7 Å². The van der Waals surface area contributed by atoms with Crippen LogP contribution in [-0.4, -0.2) is 11.6 Å². The Bertz CT molecular complexity index is 413. The Labute approximate surface area is 117 Å². The molecule has 3 rings (SSSR count). The lowest BCUT2D eigenvalue weighted by Gasteiger charge is -2.46. The third-order valence-corrected chi connectivity index (χ3v) is 7.15. The first-order valence-corrected chi connectivity index (χ1v) is 7.92. The maximum atomic E-state index is 11.5. The molecule has 1 spiro atoms. The highest BCUT2D eigenvalue weighted by Gasteiger charge is 2.68. The third-order valence-electron chi connectivity index (χ3n) is 7.15. The van der Waals surface area contributed by atoms with E-state index in [1.807, 2.05) is 0 Å². The Kier molecular flexibility index (Phi) is 2.67. The molecule has 3 aliphatic rings. The normalized spacial score (nSPS) is 50.9. The molecule has 2 nitrogen and oxygen atoms in total. The fourth-order valence-electron chi connectivity index (χ4n) is 6.31. The number of esters is 1. The van der Waals surface area contributed by atoms with Gasteiger partial charge in [-0.25, -0.2) is 0 Å². The Morgan fingerprint density at radius 2 is 1.79 bits per heavy atom. The Balaban J connectivity index is 1.99. The van der Waals surface area contributed by atoms with Crippen molar-refractivity contribution in [3.8, 4) is 0 Å². The van der Waals surface area contributed by atoms with Crippen LogP contribution in [0.3, 0.4) is 0 Å². The van der Waals surface area contributed by atoms with Gasteiger partial charge in [-0.05, 0) is 61.7 Å². The summed E-state index contributed by atoms with van der Waals surface area (Å²) < 4.78 is 5.80. The van der Waals surface area contributed by atoms with Crippen LogP contribution in [0.1, 0.15) is 66.7 Å². The predicted octanol–water partition coefficient (Wildman–Crippen LogP) is 4.18. The maximum absolute atomic E-state index is 11.5. The van der Waals surface area contributed by atoms with Crippen molar-refractivity contribution in [3.63, 3.8) is 0 Å². The van der Waals surface area contributed by atoms with E-state index in [-0.39, 0.29) is 11.6 Å². The van der Waals surface area contributed by atoms with Gasteiger partial charge in [-0.15, -0.1) is 0 Å². The zero-order valence-corrected chi connectivity index (χ0v) is 13.1. The zero-order valence-electron chi connectivity index (χ0n) is 13.1. The highest BCUT2D eigenvalue weighted by molar-refractivity contribution is 5.66. The van der Waals surface area contributed by atoms with Gasteiger partial charge in [-0.2, -0.15) is 0 Å². The standard InChI is InChI=1S/C17H28O2/c1-11-6-7-13-15(3,4)14-10-17(11,13)9-8-16(14,5)19-12(2)18/h11,13-14H,6-10H2,1-5H3/t11-,13+,14-,16-,17-/m0/s1. The molecule has 2 heteroatoms. The van der Waals surface area contributed by atoms with E-state index in [1.54, 1.807) is 6.92 Å². The topological polar surface area (TPSA) is 26.3 Å². The molecule has 0 aliphatic heterocycles. The van der Waals surface area contributed by atoms with E-state index in [0.29, 0.717) is 16.7 Å². The summed E-state index contributed by atoms with van der Waals surface area (Å²) in [6.07, 6.45) is 6.35. The molecule has 0 aromatic heterocycles. The van der Waals surface area contributed by atoms with Crippen molar-refractivity contribution >= 4 is 5.97 Å². The van der Waals surface area contributed by atoms with E-state index in [9.17, 15) is 4.79 Å². The predicted molar refractivity (Wildman–Crippen MR) is 75.6 cm³/mol. The molecule has 0 aromatic rings. The SMILES string of the molecule is CC(=O)O[C@@]1(C)CC[C@@]23C[C@H]1C(C)(C)[C@H]2CC[C@@H]3C. The molecule has 0 unspecified atom stereocenters. The molecule has 3 fully saturated rings. The number of rotatable bonds is 1. The van der Waals surface area contributed by atoms with E-state index < -0.39 is 0 Å². The summed E-state index contributed by atoms with van der Waals surface area (Å²) in [5.41, 5.74) is 0.629. The Morgan fingerprint density at radius 1 is 1.11 bits per heavy atom. The second kappa shape index (κ2) is 3.77. The van der Waals surface area contributed by atoms with Gasteiger partial charge in [-0.3, -0.25) is 4.79 Å². The zero-order chi connectivity index (χ0) is 14.1. The minimum atomic E-state index is -0.232. The molecule has 0 aromatic carbocycles. The molecule has 3 aliphatic carbocycles. The lowest BCUT2D eigenvalue weighted by atomic mass is 9.64. The van der Waals surface area contributed by atoms with Gasteiger partial charge in [0.25, 0.3) is 0 Å². The first-order chi connectivity index (χ1) is 8.72. The van der Waals surface area contributed by atoms with Crippen LogP contribution in [-0.2, 0) is 9.53 Å². The molecule has 0 saturated heterocycles. The lowest BCUT2D eigenvalue weighted by molar-refractivity contribution is -0.171. The van der Waals surface area contributed by atoms with Gasteiger partial charge in [0.2, 0.25) is 0 Å². The van der Waals surface area contributed by atoms with E-state index >= 15 is 0 Å². The van der Waals surface area contributed by atoms with Crippen LogP contribution in [0.15, 0.2) is 0 Å². The molecule has 0 amide bonds. The van der Waals surface area contributed by atoms with Crippen LogP contribution in [0.25, 0.3) is 0 Å². The minimum Gasteiger partial charge on any atom is -0.459 e. The van der Waals surface area contributed by atoms with E-state index in [0.717, 1.165) is 18.3 Å². The van der Waals surface area contributed by atoms with Crippen molar-refractivity contribution < 1.29 is 9.53 Å². The van der Waals surface area contributed by atoms with Crippen LogP contribution in [0.5, 0.6) is 0 Å². The summed E-state index contributed by atoms with van der Waals surface area (Å²) in [5.74, 6) is 2.10. The number of hydrogen-bond acceptors (Lipinski definition) is 2. The van der Waals surface area contributed by atoms with Crippen molar-refractivity contribution in [2.75, 3.05) is 0 Å². The molecule has 0 heterocycles. The smallest absolute Gasteiger partial charge is 0.303 e. The number of fused-ring (bicyclic) bond motifs is 1. The Hall–Kier alpha value is -0.530. The number of carbonyl (C=O) groups is 1. The first-order valence-electron chi connectivity index (χ1n) is 7.92. The fraction of sp³-hybridized carbons (Fsp3) is 0.941. The second-order valence-electron chi connectivity index (χ2n) is 8.25. The van der Waals surface area contributed by atoms with Crippen molar-refractivity contribution in [1.29, 1.82) is 0 Å². The van der Waals surface area contributed by atoms with Gasteiger partial charge in [0, 0.05) is 12.8 Å². The average molecular weight is 264 g/mol. The van der Waals surface area contributed by atoms with Crippen LogP contribution in [0.2, 0.25) is 0 Å². The molecule has 19 heavy (non-hydrogen) atoms. The van der Waals surface area contributed by atoms with Crippen molar-refractivity contribution in [2.24, 2.45) is 28.6 Å². The fourth-order valence-corrected chi connectivity index (χ4v) is 6.31. The van der Waals surface area contributed by atoms with Gasteiger partial charge in [-0.1, -0.05) is 20.8 Å². The summed E-state index contributed by atoms with van der Waals surface area (Å²) in [5, 5.41) is 0. The quantitative estimate of drug-likeness (QED) is 0.664. The Morgan fingerprint density at radius 3 is 2.42 bits per heavy atom. The highest BCUT2D eigenvalue weighted by atomic mass is 16.6. The minimum absolute atomic E-state index is 0.112. The number of ether oxygens (including phenoxy) is 1. The summed E-state index contributed by atoms with van der Waals surface area (Å²) in [7, 11) is 0. The molecule has 0 radical (unpaired) electrons. The molecule has 2 bridgehead atoms. The van der Waals surface area contributed by atoms with Gasteiger partial charge in [0.15, 0.2) is 0 Å². The summed E-state index contributed by atoms with van der Waals surface area (Å²) in [6.45, 7) is 11.0. The van der Waals surface area contributed by atoms with Crippen molar-refractivity contribution in [2.45, 2.75) is 72.3 Å². The summed E-state index contributed by atoms with van der Waals surface area (Å²) >= 11 is 0.